The summed E-state index contributed by atoms with van der Waals surface area (Å²) in [6.45, 7) is 16.7. The second-order valence-corrected chi connectivity index (χ2v) is 14.8. The van der Waals surface area contributed by atoms with Crippen molar-refractivity contribution in [2.45, 2.75) is 51.2 Å². The molecule has 4 aliphatic rings. The molecule has 0 unspecified atom stereocenters. The summed E-state index contributed by atoms with van der Waals surface area (Å²) in [6, 6.07) is 5.78. The van der Waals surface area contributed by atoms with Crippen molar-refractivity contribution in [1.29, 1.82) is 0 Å². The van der Waals surface area contributed by atoms with Crippen molar-refractivity contribution in [3.8, 4) is 16.9 Å². The van der Waals surface area contributed by atoms with E-state index in [-0.39, 0.29) is 22.6 Å². The minimum absolute atomic E-state index is 0.0397. The standard InChI is InChI=1S/C38H43F3N8O2/c1-5-25-17-26-32(33(51-23-38(39,40)41)31(25)30-24(4)9-10-28-27(30)18-42-45-28)43-35(48-21-37(22-48)11-8-14-49(37)7-3)44-34(26)46-15-12-36(13-16-46)19-47(20-36)29(50)6-2/h5-6,9-10,17-18H,1-2,7-8,11-16,19-23H2,3-4H3,(H,42,45). The zero-order chi connectivity index (χ0) is 35.7. The normalized spacial score (nSPS) is 19.9. The van der Waals surface area contributed by atoms with Gasteiger partial charge in [-0.1, -0.05) is 32.2 Å². The van der Waals surface area contributed by atoms with Crippen molar-refractivity contribution < 1.29 is 22.7 Å². The molecule has 4 fully saturated rings. The van der Waals surface area contributed by atoms with E-state index in [9.17, 15) is 18.0 Å². The van der Waals surface area contributed by atoms with Gasteiger partial charge in [0, 0.05) is 61.0 Å². The Morgan fingerprint density at radius 1 is 1.02 bits per heavy atom. The van der Waals surface area contributed by atoms with Gasteiger partial charge in [-0.05, 0) is 80.6 Å². The second-order valence-electron chi connectivity index (χ2n) is 14.8. The number of benzene rings is 2. The summed E-state index contributed by atoms with van der Waals surface area (Å²) in [4.78, 5) is 31.2. The number of hydrogen-bond acceptors (Lipinski definition) is 8. The van der Waals surface area contributed by atoms with Gasteiger partial charge in [-0.15, -0.1) is 0 Å². The molecule has 2 aromatic heterocycles. The summed E-state index contributed by atoms with van der Waals surface area (Å²) < 4.78 is 47.8. The van der Waals surface area contributed by atoms with Crippen LogP contribution in [0.2, 0.25) is 0 Å². The van der Waals surface area contributed by atoms with Crippen molar-refractivity contribution >= 4 is 45.6 Å². The number of nitrogens with zero attached hydrogens (tertiary/aromatic N) is 7. The van der Waals surface area contributed by atoms with Crippen molar-refractivity contribution in [1.82, 2.24) is 30.0 Å². The number of likely N-dealkylation sites (N-methyl/N-ethyl adjacent to an activating group) is 1. The Balaban J connectivity index is 1.28. The first-order valence-corrected chi connectivity index (χ1v) is 17.8. The fourth-order valence-electron chi connectivity index (χ4n) is 8.99. The molecule has 0 atom stereocenters. The highest BCUT2D eigenvalue weighted by molar-refractivity contribution is 6.07. The van der Waals surface area contributed by atoms with Crippen LogP contribution in [0, 0.1) is 12.3 Å². The van der Waals surface area contributed by atoms with Crippen LogP contribution in [0.5, 0.6) is 5.75 Å². The molecule has 0 bridgehead atoms. The maximum absolute atomic E-state index is 14.0. The lowest BCUT2D eigenvalue weighted by atomic mass is 9.72. The zero-order valence-corrected chi connectivity index (χ0v) is 29.2. The van der Waals surface area contributed by atoms with Gasteiger partial charge in [0.15, 0.2) is 12.4 Å². The van der Waals surface area contributed by atoms with E-state index in [0.717, 1.165) is 68.3 Å². The van der Waals surface area contributed by atoms with Crippen molar-refractivity contribution in [2.24, 2.45) is 5.41 Å². The van der Waals surface area contributed by atoms with Gasteiger partial charge in [-0.3, -0.25) is 14.8 Å². The van der Waals surface area contributed by atoms with E-state index in [4.69, 9.17) is 14.7 Å². The number of hydrogen-bond donors (Lipinski definition) is 1. The van der Waals surface area contributed by atoms with Gasteiger partial charge in [0.05, 0.1) is 17.3 Å². The third-order valence-electron chi connectivity index (χ3n) is 11.7. The number of halogens is 3. The SMILES string of the molecule is C=CC(=O)N1CC2(CCN(c3nc(N4CC5(CCCN5CC)C4)nc4c(OCC(F)(F)F)c(-c5c(C)ccc6[nH]ncc56)c(C=C)cc34)CC2)C1. The summed E-state index contributed by atoms with van der Waals surface area (Å²) in [7, 11) is 0. The highest BCUT2D eigenvalue weighted by atomic mass is 19.4. The number of fused-ring (bicyclic) bond motifs is 2. The molecule has 0 radical (unpaired) electrons. The molecule has 4 aliphatic heterocycles. The van der Waals surface area contributed by atoms with E-state index in [1.807, 2.05) is 30.0 Å². The van der Waals surface area contributed by atoms with Crippen LogP contribution in [0.15, 0.2) is 43.6 Å². The first kappa shape index (κ1) is 33.5. The van der Waals surface area contributed by atoms with Crippen LogP contribution in [-0.4, -0.2) is 107 Å². The number of piperidine rings is 1. The molecule has 268 valence electrons. The van der Waals surface area contributed by atoms with Gasteiger partial charge in [0.1, 0.15) is 11.3 Å². The van der Waals surface area contributed by atoms with E-state index >= 15 is 0 Å². The van der Waals surface area contributed by atoms with Crippen molar-refractivity contribution in [3.63, 3.8) is 0 Å². The fraction of sp³-hybridized carbons (Fsp3) is 0.474. The van der Waals surface area contributed by atoms with Crippen LogP contribution in [0.3, 0.4) is 0 Å². The summed E-state index contributed by atoms with van der Waals surface area (Å²) in [5, 5.41) is 8.62. The third-order valence-corrected chi connectivity index (χ3v) is 11.7. The topological polar surface area (TPSA) is 93.7 Å². The lowest BCUT2D eigenvalue weighted by Gasteiger charge is -2.54. The number of alkyl halides is 3. The average Bonchev–Trinajstić information content (AvgIpc) is 3.75. The van der Waals surface area contributed by atoms with Gasteiger partial charge in [-0.25, -0.2) is 4.98 Å². The van der Waals surface area contributed by atoms with Crippen LogP contribution in [0.4, 0.5) is 24.9 Å². The number of likely N-dealkylation sites (tertiary alicyclic amines) is 2. The first-order valence-electron chi connectivity index (χ1n) is 17.8. The van der Waals surface area contributed by atoms with Gasteiger partial charge in [0.25, 0.3) is 0 Å². The predicted octanol–water partition coefficient (Wildman–Crippen LogP) is 6.35. The quantitative estimate of drug-likeness (QED) is 0.213. The zero-order valence-electron chi connectivity index (χ0n) is 29.2. The number of aryl methyl sites for hydroxylation is 1. The molecule has 10 nitrogen and oxygen atoms in total. The van der Waals surface area contributed by atoms with Gasteiger partial charge in [0.2, 0.25) is 11.9 Å². The molecule has 13 heteroatoms. The Kier molecular flexibility index (Phi) is 8.04. The molecular weight excluding hydrogens is 657 g/mol. The Morgan fingerprint density at radius 3 is 2.47 bits per heavy atom. The maximum atomic E-state index is 14.0. The van der Waals surface area contributed by atoms with Gasteiger partial charge >= 0.3 is 6.18 Å². The number of carbonyl (C=O) groups excluding carboxylic acids is 1. The summed E-state index contributed by atoms with van der Waals surface area (Å²) in [6.07, 6.45) is 4.08. The fourth-order valence-corrected chi connectivity index (χ4v) is 8.99. The Hall–Kier alpha value is -4.65. The van der Waals surface area contributed by atoms with Crippen LogP contribution in [0.25, 0.3) is 39.0 Å². The van der Waals surface area contributed by atoms with E-state index in [1.54, 1.807) is 12.3 Å². The summed E-state index contributed by atoms with van der Waals surface area (Å²) in [5.74, 6) is 1.17. The number of anilines is 2. The maximum Gasteiger partial charge on any atom is 0.422 e. The molecule has 1 amide bonds. The first-order chi connectivity index (χ1) is 24.5. The van der Waals surface area contributed by atoms with Crippen LogP contribution >= 0.6 is 0 Å². The van der Waals surface area contributed by atoms with E-state index < -0.39 is 12.8 Å². The van der Waals surface area contributed by atoms with Crippen LogP contribution in [0.1, 0.15) is 43.7 Å². The monoisotopic (exact) mass is 700 g/mol. The predicted molar refractivity (Wildman–Crippen MR) is 193 cm³/mol. The van der Waals surface area contributed by atoms with Crippen LogP contribution < -0.4 is 14.5 Å². The number of carbonyl (C=O) groups is 1. The van der Waals surface area contributed by atoms with E-state index in [2.05, 4.69) is 45.0 Å². The number of nitrogens with one attached hydrogen (secondary N) is 1. The number of rotatable bonds is 8. The average molecular weight is 701 g/mol. The molecule has 2 aromatic carbocycles. The molecule has 4 saturated heterocycles. The molecule has 51 heavy (non-hydrogen) atoms. The number of ether oxygens (including phenoxy) is 1. The number of amides is 1. The Morgan fingerprint density at radius 2 is 1.78 bits per heavy atom. The molecule has 4 aromatic rings. The molecule has 0 aliphatic carbocycles. The second kappa shape index (κ2) is 12.2. The minimum atomic E-state index is -4.58. The number of H-pyrrole nitrogens is 1. The molecule has 0 saturated carbocycles. The molecular formula is C38H43F3N8O2. The van der Waals surface area contributed by atoms with Gasteiger partial charge < -0.3 is 19.4 Å². The minimum Gasteiger partial charge on any atom is -0.481 e. The number of aromatic nitrogens is 4. The van der Waals surface area contributed by atoms with Crippen molar-refractivity contribution in [2.75, 3.05) is 68.8 Å². The van der Waals surface area contributed by atoms with Crippen molar-refractivity contribution in [3.05, 3.63) is 54.8 Å². The highest BCUT2D eigenvalue weighted by Gasteiger charge is 2.51. The van der Waals surface area contributed by atoms with E-state index in [1.165, 1.54) is 6.08 Å². The molecule has 6 heterocycles. The van der Waals surface area contributed by atoms with E-state index in [0.29, 0.717) is 65.5 Å². The largest absolute Gasteiger partial charge is 0.481 e. The summed E-state index contributed by atoms with van der Waals surface area (Å²) in [5.41, 5.74) is 3.88. The smallest absolute Gasteiger partial charge is 0.422 e. The van der Waals surface area contributed by atoms with Crippen LogP contribution in [-0.2, 0) is 4.79 Å². The lowest BCUT2D eigenvalue weighted by molar-refractivity contribution is -0.153. The lowest BCUT2D eigenvalue weighted by Crippen LogP contribution is -2.68. The Bertz CT molecular complexity index is 2040. The molecule has 8 rings (SSSR count). The molecule has 2 spiro atoms. The van der Waals surface area contributed by atoms with Gasteiger partial charge in [-0.2, -0.15) is 23.3 Å². The number of aromatic amines is 1. The highest BCUT2D eigenvalue weighted by Crippen LogP contribution is 2.49. The third kappa shape index (κ3) is 5.60. The summed E-state index contributed by atoms with van der Waals surface area (Å²) >= 11 is 0. The molecule has 1 N–H and O–H groups in total. The Labute approximate surface area is 294 Å².